The summed E-state index contributed by atoms with van der Waals surface area (Å²) in [6.45, 7) is 3.26. The van der Waals surface area contributed by atoms with Gasteiger partial charge >= 0.3 is 0 Å². The zero-order valence-corrected chi connectivity index (χ0v) is 15.1. The zero-order valence-electron chi connectivity index (χ0n) is 14.3. The molecule has 0 spiro atoms. The highest BCUT2D eigenvalue weighted by Crippen LogP contribution is 2.35. The Kier molecular flexibility index (Phi) is 6.06. The first-order chi connectivity index (χ1) is 11.7. The molecule has 0 amide bonds. The highest BCUT2D eigenvalue weighted by Gasteiger charge is 2.38. The molecule has 0 aromatic heterocycles. The summed E-state index contributed by atoms with van der Waals surface area (Å²) in [7, 11) is 0. The average molecular weight is 350 g/mol. The first-order valence-electron chi connectivity index (χ1n) is 9.24. The second kappa shape index (κ2) is 8.26. The van der Waals surface area contributed by atoms with Gasteiger partial charge in [0.25, 0.3) is 0 Å². The van der Waals surface area contributed by atoms with Crippen LogP contribution >= 0.6 is 12.2 Å². The Morgan fingerprint density at radius 1 is 1.04 bits per heavy atom. The molecular formula is C19H28FN3S. The molecule has 3 nitrogen and oxygen atoms in total. The van der Waals surface area contributed by atoms with E-state index in [0.29, 0.717) is 10.8 Å². The Hall–Kier alpha value is -1.20. The van der Waals surface area contributed by atoms with Crippen LogP contribution in [0.4, 0.5) is 10.1 Å². The lowest BCUT2D eigenvalue weighted by atomic mass is 9.79. The molecular weight excluding hydrogens is 321 g/mol. The Morgan fingerprint density at radius 2 is 1.71 bits per heavy atom. The molecule has 5 heteroatoms. The molecule has 132 valence electrons. The number of hydrogen-bond donors (Lipinski definition) is 2. The first kappa shape index (κ1) is 17.6. The summed E-state index contributed by atoms with van der Waals surface area (Å²) >= 11 is 5.41. The normalized spacial score (nSPS) is 21.2. The lowest BCUT2D eigenvalue weighted by Gasteiger charge is -2.48. The van der Waals surface area contributed by atoms with E-state index in [4.69, 9.17) is 12.2 Å². The maximum atomic E-state index is 13.8. The molecule has 1 aliphatic carbocycles. The van der Waals surface area contributed by atoms with Crippen molar-refractivity contribution in [3.05, 3.63) is 30.1 Å². The van der Waals surface area contributed by atoms with Crippen LogP contribution in [0.3, 0.4) is 0 Å². The monoisotopic (exact) mass is 349 g/mol. The van der Waals surface area contributed by atoms with Gasteiger partial charge in [-0.3, -0.25) is 4.90 Å². The molecule has 1 saturated heterocycles. The third-order valence-electron chi connectivity index (χ3n) is 5.51. The van der Waals surface area contributed by atoms with Crippen molar-refractivity contribution in [2.24, 2.45) is 0 Å². The smallest absolute Gasteiger partial charge is 0.170 e. The molecule has 0 unspecified atom stereocenters. The van der Waals surface area contributed by atoms with E-state index in [2.05, 4.69) is 15.5 Å². The van der Waals surface area contributed by atoms with E-state index in [9.17, 15) is 4.39 Å². The molecule has 1 aromatic rings. The Bertz CT molecular complexity index is 551. The highest BCUT2D eigenvalue weighted by molar-refractivity contribution is 7.80. The minimum Gasteiger partial charge on any atom is -0.361 e. The number of nitrogens with zero attached hydrogens (tertiary/aromatic N) is 1. The predicted octanol–water partition coefficient (Wildman–Crippen LogP) is 4.30. The minimum absolute atomic E-state index is 0.222. The number of likely N-dealkylation sites (tertiary alicyclic amines) is 1. The van der Waals surface area contributed by atoms with Crippen LogP contribution in [0.2, 0.25) is 0 Å². The van der Waals surface area contributed by atoms with E-state index in [1.807, 2.05) is 6.07 Å². The summed E-state index contributed by atoms with van der Waals surface area (Å²) < 4.78 is 13.8. The van der Waals surface area contributed by atoms with E-state index in [0.717, 1.165) is 6.54 Å². The number of benzene rings is 1. The van der Waals surface area contributed by atoms with Gasteiger partial charge in [-0.05, 0) is 63.1 Å². The number of anilines is 1. The van der Waals surface area contributed by atoms with Gasteiger partial charge in [0.2, 0.25) is 0 Å². The number of hydrogen-bond acceptors (Lipinski definition) is 2. The molecule has 1 aliphatic heterocycles. The van der Waals surface area contributed by atoms with Crippen molar-refractivity contribution in [3.8, 4) is 0 Å². The Labute approximate surface area is 150 Å². The Balaban J connectivity index is 1.60. The number of para-hydroxylation sites is 1. The third kappa shape index (κ3) is 4.25. The molecule has 0 atom stereocenters. The van der Waals surface area contributed by atoms with E-state index >= 15 is 0 Å². The molecule has 2 fully saturated rings. The topological polar surface area (TPSA) is 27.3 Å². The molecule has 0 bridgehead atoms. The van der Waals surface area contributed by atoms with E-state index in [1.165, 1.54) is 70.5 Å². The van der Waals surface area contributed by atoms with Crippen LogP contribution in [0.25, 0.3) is 0 Å². The number of piperidine rings is 1. The van der Waals surface area contributed by atoms with Crippen LogP contribution in [-0.2, 0) is 0 Å². The fourth-order valence-corrected chi connectivity index (χ4v) is 4.34. The van der Waals surface area contributed by atoms with Crippen molar-refractivity contribution in [3.63, 3.8) is 0 Å². The quantitative estimate of drug-likeness (QED) is 0.793. The summed E-state index contributed by atoms with van der Waals surface area (Å²) in [6, 6.07) is 6.65. The number of rotatable bonds is 4. The molecule has 3 rings (SSSR count). The molecule has 2 N–H and O–H groups in total. The van der Waals surface area contributed by atoms with Gasteiger partial charge in [-0.1, -0.05) is 37.8 Å². The summed E-state index contributed by atoms with van der Waals surface area (Å²) in [5.41, 5.74) is 0.658. The van der Waals surface area contributed by atoms with Crippen LogP contribution in [0, 0.1) is 5.82 Å². The SMILES string of the molecule is Fc1ccccc1NC(=S)NCC1(N2CCCCC2)CCCCC1. The second-order valence-corrected chi connectivity index (χ2v) is 7.53. The van der Waals surface area contributed by atoms with Gasteiger partial charge in [-0.15, -0.1) is 0 Å². The van der Waals surface area contributed by atoms with E-state index < -0.39 is 0 Å². The molecule has 2 aliphatic rings. The maximum Gasteiger partial charge on any atom is 0.170 e. The van der Waals surface area contributed by atoms with Crippen molar-refractivity contribution >= 4 is 23.0 Å². The second-order valence-electron chi connectivity index (χ2n) is 7.12. The van der Waals surface area contributed by atoms with Crippen molar-refractivity contribution in [2.75, 3.05) is 25.0 Å². The fourth-order valence-electron chi connectivity index (χ4n) is 4.16. The summed E-state index contributed by atoms with van der Waals surface area (Å²) in [4.78, 5) is 2.69. The first-order valence-corrected chi connectivity index (χ1v) is 9.65. The largest absolute Gasteiger partial charge is 0.361 e. The van der Waals surface area contributed by atoms with Crippen molar-refractivity contribution in [1.82, 2.24) is 10.2 Å². The van der Waals surface area contributed by atoms with Gasteiger partial charge < -0.3 is 10.6 Å². The van der Waals surface area contributed by atoms with Crippen molar-refractivity contribution in [1.29, 1.82) is 0 Å². The molecule has 1 heterocycles. The zero-order chi connectivity index (χ0) is 16.8. The number of nitrogens with one attached hydrogen (secondary N) is 2. The highest BCUT2D eigenvalue weighted by atomic mass is 32.1. The molecule has 1 saturated carbocycles. The van der Waals surface area contributed by atoms with Gasteiger partial charge in [0.1, 0.15) is 5.82 Å². The standard InChI is InChI=1S/C19H28FN3S/c20-16-9-3-4-10-17(16)22-18(24)21-15-19(11-5-1-6-12-19)23-13-7-2-8-14-23/h3-4,9-10H,1-2,5-8,11-15H2,(H2,21,22,24). The van der Waals surface area contributed by atoms with Gasteiger partial charge in [-0.25, -0.2) is 4.39 Å². The van der Waals surface area contributed by atoms with Gasteiger partial charge in [-0.2, -0.15) is 0 Å². The lowest BCUT2D eigenvalue weighted by molar-refractivity contribution is 0.0371. The number of thiocarbonyl (C=S) groups is 1. The average Bonchev–Trinajstić information content (AvgIpc) is 2.63. The third-order valence-corrected chi connectivity index (χ3v) is 5.76. The Morgan fingerprint density at radius 3 is 2.42 bits per heavy atom. The van der Waals surface area contributed by atoms with Crippen LogP contribution in [0.1, 0.15) is 51.4 Å². The van der Waals surface area contributed by atoms with Crippen LogP contribution < -0.4 is 10.6 Å². The molecule has 24 heavy (non-hydrogen) atoms. The van der Waals surface area contributed by atoms with Crippen LogP contribution in [-0.4, -0.2) is 35.2 Å². The summed E-state index contributed by atoms with van der Waals surface area (Å²) in [5.74, 6) is -0.273. The van der Waals surface area contributed by atoms with Gasteiger partial charge in [0.15, 0.2) is 5.11 Å². The van der Waals surface area contributed by atoms with E-state index in [-0.39, 0.29) is 11.4 Å². The predicted molar refractivity (Wildman–Crippen MR) is 102 cm³/mol. The van der Waals surface area contributed by atoms with E-state index in [1.54, 1.807) is 12.1 Å². The molecule has 1 aromatic carbocycles. The minimum atomic E-state index is -0.273. The summed E-state index contributed by atoms with van der Waals surface area (Å²) in [5, 5.41) is 6.89. The van der Waals surface area contributed by atoms with Crippen LogP contribution in [0.5, 0.6) is 0 Å². The van der Waals surface area contributed by atoms with Crippen molar-refractivity contribution in [2.45, 2.75) is 56.9 Å². The number of halogens is 1. The molecule has 0 radical (unpaired) electrons. The van der Waals surface area contributed by atoms with Gasteiger partial charge in [0.05, 0.1) is 5.69 Å². The lowest BCUT2D eigenvalue weighted by Crippen LogP contribution is -2.58. The van der Waals surface area contributed by atoms with Gasteiger partial charge in [0, 0.05) is 12.1 Å². The summed E-state index contributed by atoms with van der Waals surface area (Å²) in [6.07, 6.45) is 10.4. The van der Waals surface area contributed by atoms with Crippen LogP contribution in [0.15, 0.2) is 24.3 Å². The maximum absolute atomic E-state index is 13.8. The fraction of sp³-hybridized carbons (Fsp3) is 0.632. The van der Waals surface area contributed by atoms with Crippen molar-refractivity contribution < 1.29 is 4.39 Å².